The Balaban J connectivity index is 2.03. The van der Waals surface area contributed by atoms with Gasteiger partial charge in [0.05, 0.1) is 16.1 Å². The molecule has 0 spiro atoms. The van der Waals surface area contributed by atoms with Gasteiger partial charge in [0.1, 0.15) is 5.76 Å². The highest BCUT2D eigenvalue weighted by atomic mass is 16.6. The lowest BCUT2D eigenvalue weighted by atomic mass is 10.0. The first-order chi connectivity index (χ1) is 10.6. The quantitative estimate of drug-likeness (QED) is 0.285. The predicted octanol–water partition coefficient (Wildman–Crippen LogP) is 2.99. The molecule has 0 N–H and O–H groups in total. The smallest absolute Gasteiger partial charge is 0.344 e. The van der Waals surface area contributed by atoms with Crippen molar-refractivity contribution >= 4 is 23.2 Å². The Kier molecular flexibility index (Phi) is 3.27. The number of cyclic esters (lactones) is 1. The first kappa shape index (κ1) is 13.7. The van der Waals surface area contributed by atoms with E-state index in [2.05, 4.69) is 0 Å². The van der Waals surface area contributed by atoms with E-state index in [-0.39, 0.29) is 17.0 Å². The molecule has 0 atom stereocenters. The van der Waals surface area contributed by atoms with Gasteiger partial charge < -0.3 is 4.74 Å². The van der Waals surface area contributed by atoms with Crippen LogP contribution in [0.5, 0.6) is 0 Å². The number of carbonyl (C=O) groups excluding carboxylic acids is 2. The molecule has 0 saturated carbocycles. The minimum atomic E-state index is -0.625. The standard InChI is InChI=1S/C16H9NO5/c18-14(12-7-3-4-8-13(12)17(20)21)9-15-10-5-1-2-6-11(10)16(19)22-15/h1-9H. The van der Waals surface area contributed by atoms with E-state index < -0.39 is 16.7 Å². The number of esters is 1. The molecule has 0 aliphatic carbocycles. The number of ketones is 1. The van der Waals surface area contributed by atoms with Gasteiger partial charge in [-0.15, -0.1) is 0 Å². The van der Waals surface area contributed by atoms with Crippen molar-refractivity contribution < 1.29 is 19.2 Å². The van der Waals surface area contributed by atoms with Gasteiger partial charge in [0.15, 0.2) is 5.78 Å². The van der Waals surface area contributed by atoms with Crippen molar-refractivity contribution in [3.8, 4) is 0 Å². The van der Waals surface area contributed by atoms with Crippen molar-refractivity contribution in [3.05, 3.63) is 81.4 Å². The first-order valence-electron chi connectivity index (χ1n) is 6.39. The van der Waals surface area contributed by atoms with Crippen LogP contribution in [0.3, 0.4) is 0 Å². The van der Waals surface area contributed by atoms with Crippen LogP contribution in [0.15, 0.2) is 54.6 Å². The molecule has 1 aliphatic heterocycles. The number of allylic oxidation sites excluding steroid dienone is 1. The molecule has 6 heteroatoms. The molecule has 0 aromatic heterocycles. The fraction of sp³-hybridized carbons (Fsp3) is 0. The molecule has 22 heavy (non-hydrogen) atoms. The summed E-state index contributed by atoms with van der Waals surface area (Å²) in [4.78, 5) is 34.3. The molecule has 0 amide bonds. The number of fused-ring (bicyclic) bond motifs is 1. The number of nitro groups is 1. The van der Waals surface area contributed by atoms with E-state index >= 15 is 0 Å². The lowest BCUT2D eigenvalue weighted by Crippen LogP contribution is -2.02. The minimum Gasteiger partial charge on any atom is -0.422 e. The lowest BCUT2D eigenvalue weighted by molar-refractivity contribution is -0.385. The number of nitro benzene ring substituents is 1. The van der Waals surface area contributed by atoms with Crippen molar-refractivity contribution in [3.63, 3.8) is 0 Å². The number of para-hydroxylation sites is 1. The molecule has 0 saturated heterocycles. The lowest BCUT2D eigenvalue weighted by Gasteiger charge is -2.00. The van der Waals surface area contributed by atoms with Gasteiger partial charge in [0.2, 0.25) is 0 Å². The number of hydrogen-bond donors (Lipinski definition) is 0. The molecule has 6 nitrogen and oxygen atoms in total. The third-order valence-electron chi connectivity index (χ3n) is 3.24. The zero-order valence-corrected chi connectivity index (χ0v) is 11.2. The van der Waals surface area contributed by atoms with Crippen LogP contribution in [0.4, 0.5) is 5.69 Å². The average Bonchev–Trinajstić information content (AvgIpc) is 2.84. The van der Waals surface area contributed by atoms with Crippen LogP contribution >= 0.6 is 0 Å². The third-order valence-corrected chi connectivity index (χ3v) is 3.24. The molecule has 0 unspecified atom stereocenters. The van der Waals surface area contributed by atoms with Gasteiger partial charge in [0, 0.05) is 17.7 Å². The van der Waals surface area contributed by atoms with Gasteiger partial charge in [-0.2, -0.15) is 0 Å². The van der Waals surface area contributed by atoms with Crippen molar-refractivity contribution in [2.24, 2.45) is 0 Å². The normalized spacial score (nSPS) is 14.5. The minimum absolute atomic E-state index is 0.0552. The highest BCUT2D eigenvalue weighted by Gasteiger charge is 2.27. The van der Waals surface area contributed by atoms with Gasteiger partial charge in [-0.3, -0.25) is 14.9 Å². The molecule has 2 aromatic carbocycles. The van der Waals surface area contributed by atoms with Crippen LogP contribution in [0.1, 0.15) is 26.3 Å². The van der Waals surface area contributed by atoms with Crippen LogP contribution in [0.25, 0.3) is 5.76 Å². The Morgan fingerprint density at radius 1 is 1.05 bits per heavy atom. The van der Waals surface area contributed by atoms with Crippen molar-refractivity contribution in [1.29, 1.82) is 0 Å². The number of benzene rings is 2. The molecule has 0 bridgehead atoms. The van der Waals surface area contributed by atoms with Crippen LogP contribution in [-0.2, 0) is 4.74 Å². The summed E-state index contributed by atoms with van der Waals surface area (Å²) in [5.41, 5.74) is 0.519. The van der Waals surface area contributed by atoms with E-state index in [0.717, 1.165) is 6.08 Å². The SMILES string of the molecule is O=C1OC(=CC(=O)c2ccccc2[N+](=O)[O-])c2ccccc21. The summed E-state index contributed by atoms with van der Waals surface area (Å²) in [6, 6.07) is 12.3. The molecule has 3 rings (SSSR count). The van der Waals surface area contributed by atoms with Crippen molar-refractivity contribution in [2.45, 2.75) is 0 Å². The molecule has 2 aromatic rings. The monoisotopic (exact) mass is 295 g/mol. The molecule has 1 aliphatic rings. The van der Waals surface area contributed by atoms with E-state index in [9.17, 15) is 19.7 Å². The van der Waals surface area contributed by atoms with Crippen LogP contribution in [0.2, 0.25) is 0 Å². The topological polar surface area (TPSA) is 86.5 Å². The summed E-state index contributed by atoms with van der Waals surface area (Å²) in [7, 11) is 0. The average molecular weight is 295 g/mol. The highest BCUT2D eigenvalue weighted by molar-refractivity contribution is 6.13. The highest BCUT2D eigenvalue weighted by Crippen LogP contribution is 2.30. The summed E-state index contributed by atoms with van der Waals surface area (Å²) in [5, 5.41) is 11.0. The molecule has 0 fully saturated rings. The van der Waals surface area contributed by atoms with Crippen LogP contribution in [-0.4, -0.2) is 16.7 Å². The number of hydrogen-bond acceptors (Lipinski definition) is 5. The summed E-state index contributed by atoms with van der Waals surface area (Å²) in [6.45, 7) is 0. The second-order valence-corrected chi connectivity index (χ2v) is 4.58. The number of carbonyl (C=O) groups is 2. The maximum atomic E-state index is 12.3. The molecular weight excluding hydrogens is 286 g/mol. The Morgan fingerprint density at radius 3 is 2.41 bits per heavy atom. The maximum Gasteiger partial charge on any atom is 0.344 e. The summed E-state index contributed by atoms with van der Waals surface area (Å²) >= 11 is 0. The number of nitrogens with zero attached hydrogens (tertiary/aromatic N) is 1. The zero-order chi connectivity index (χ0) is 15.7. The number of ether oxygens (including phenoxy) is 1. The Morgan fingerprint density at radius 2 is 1.68 bits per heavy atom. The molecule has 0 radical (unpaired) electrons. The summed E-state index contributed by atoms with van der Waals surface area (Å²) < 4.78 is 5.06. The Bertz CT molecular complexity index is 838. The van der Waals surface area contributed by atoms with Gasteiger partial charge in [-0.1, -0.05) is 30.3 Å². The van der Waals surface area contributed by atoms with Crippen molar-refractivity contribution in [2.75, 3.05) is 0 Å². The molecule has 1 heterocycles. The zero-order valence-electron chi connectivity index (χ0n) is 11.2. The van der Waals surface area contributed by atoms with E-state index in [0.29, 0.717) is 11.1 Å². The van der Waals surface area contributed by atoms with Gasteiger partial charge >= 0.3 is 5.97 Å². The largest absolute Gasteiger partial charge is 0.422 e. The molecular formula is C16H9NO5. The fourth-order valence-electron chi connectivity index (χ4n) is 2.23. The van der Waals surface area contributed by atoms with Crippen LogP contribution in [0, 0.1) is 10.1 Å². The Labute approximate surface area is 124 Å². The second kappa shape index (κ2) is 5.25. The predicted molar refractivity (Wildman–Crippen MR) is 77.3 cm³/mol. The van der Waals surface area contributed by atoms with Gasteiger partial charge in [-0.25, -0.2) is 4.79 Å². The second-order valence-electron chi connectivity index (χ2n) is 4.58. The van der Waals surface area contributed by atoms with E-state index in [1.54, 1.807) is 24.3 Å². The summed E-state index contributed by atoms with van der Waals surface area (Å²) in [6.07, 6.45) is 1.10. The van der Waals surface area contributed by atoms with E-state index in [1.165, 1.54) is 24.3 Å². The Hall–Kier alpha value is -3.28. The van der Waals surface area contributed by atoms with E-state index in [1.807, 2.05) is 0 Å². The van der Waals surface area contributed by atoms with Gasteiger partial charge in [0.25, 0.3) is 5.69 Å². The first-order valence-corrected chi connectivity index (χ1v) is 6.39. The van der Waals surface area contributed by atoms with Gasteiger partial charge in [-0.05, 0) is 12.1 Å². The molecule has 108 valence electrons. The summed E-state index contributed by atoms with van der Waals surface area (Å²) in [5.74, 6) is -1.03. The fourth-order valence-corrected chi connectivity index (χ4v) is 2.23. The maximum absolute atomic E-state index is 12.3. The third kappa shape index (κ3) is 2.26. The van der Waals surface area contributed by atoms with Crippen molar-refractivity contribution in [1.82, 2.24) is 0 Å². The number of rotatable bonds is 3. The van der Waals surface area contributed by atoms with E-state index in [4.69, 9.17) is 4.74 Å². The van der Waals surface area contributed by atoms with Crippen LogP contribution < -0.4 is 0 Å².